The molecule has 0 aromatic rings. The zero-order chi connectivity index (χ0) is 25.1. The summed E-state index contributed by atoms with van der Waals surface area (Å²) < 4.78 is 21.0. The quantitative estimate of drug-likeness (QED) is 0.365. The lowest BCUT2D eigenvalue weighted by Crippen LogP contribution is -2.66. The van der Waals surface area contributed by atoms with Gasteiger partial charge in [-0.1, -0.05) is 61.3 Å². The molecule has 0 amide bonds. The van der Waals surface area contributed by atoms with Gasteiger partial charge < -0.3 is 13.9 Å². The fraction of sp³-hybridized carbons (Fsp3) is 1.00. The van der Waals surface area contributed by atoms with Crippen LogP contribution in [0.15, 0.2) is 0 Å². The summed E-state index contributed by atoms with van der Waals surface area (Å²) in [5.41, 5.74) is 0.822. The number of rotatable bonds is 2. The Morgan fingerprint density at radius 1 is 0.794 bits per heavy atom. The summed E-state index contributed by atoms with van der Waals surface area (Å²) in [4.78, 5) is 0. The predicted octanol–water partition coefficient (Wildman–Crippen LogP) is 8.19. The highest BCUT2D eigenvalue weighted by molar-refractivity contribution is 6.74. The zero-order valence-electron chi connectivity index (χ0n) is 24.2. The third-order valence-corrected chi connectivity index (χ3v) is 17.1. The van der Waals surface area contributed by atoms with Crippen molar-refractivity contribution in [2.24, 2.45) is 39.9 Å². The predicted molar refractivity (Wildman–Crippen MR) is 142 cm³/mol. The molecule has 1 saturated heterocycles. The molecule has 0 N–H and O–H groups in total. The van der Waals surface area contributed by atoms with E-state index in [1.807, 2.05) is 0 Å². The molecule has 4 unspecified atom stereocenters. The number of hydrogen-bond acceptors (Lipinski definition) is 3. The molecule has 4 heteroatoms. The Kier molecular flexibility index (Phi) is 5.73. The monoisotopic (exact) mass is 490 g/mol. The minimum atomic E-state index is -1.85. The van der Waals surface area contributed by atoms with Crippen molar-refractivity contribution in [3.8, 4) is 0 Å². The van der Waals surface area contributed by atoms with Crippen molar-refractivity contribution in [2.45, 2.75) is 149 Å². The minimum Gasteiger partial charge on any atom is -0.413 e. The van der Waals surface area contributed by atoms with Gasteiger partial charge in [0, 0.05) is 5.41 Å². The topological polar surface area (TPSA) is 27.7 Å². The molecule has 9 atom stereocenters. The van der Waals surface area contributed by atoms with Crippen molar-refractivity contribution in [1.29, 1.82) is 0 Å². The second kappa shape index (κ2) is 7.57. The summed E-state index contributed by atoms with van der Waals surface area (Å²) >= 11 is 0. The van der Waals surface area contributed by atoms with Gasteiger partial charge >= 0.3 is 0 Å². The molecule has 34 heavy (non-hydrogen) atoms. The van der Waals surface area contributed by atoms with Crippen LogP contribution in [0, 0.1) is 39.9 Å². The molecule has 0 spiro atoms. The Balaban J connectivity index is 1.56. The summed E-state index contributed by atoms with van der Waals surface area (Å²) in [6.45, 7) is 26.8. The van der Waals surface area contributed by atoms with Crippen LogP contribution in [0.4, 0.5) is 0 Å². The third-order valence-electron chi connectivity index (χ3n) is 12.7. The summed E-state index contributed by atoms with van der Waals surface area (Å²) in [5.74, 6) is 2.17. The maximum absolute atomic E-state index is 7.30. The van der Waals surface area contributed by atoms with Crippen molar-refractivity contribution in [3.05, 3.63) is 0 Å². The number of fused-ring (bicyclic) bond motifs is 8. The molecule has 196 valence electrons. The van der Waals surface area contributed by atoms with E-state index in [1.165, 1.54) is 44.9 Å². The summed E-state index contributed by atoms with van der Waals surface area (Å²) in [6.07, 6.45) is 10.1. The average molecular weight is 491 g/mol. The van der Waals surface area contributed by atoms with E-state index in [4.69, 9.17) is 13.9 Å². The van der Waals surface area contributed by atoms with Crippen molar-refractivity contribution in [1.82, 2.24) is 0 Å². The SMILES string of the molecule is CC1(C)O[C@@H]2C3C(CC(C)(C)[C@@]4(C)C3CC[C@@H]4O[Si](C)(C)C(C)(C)C)[C@@]3(C)CCCCC3[C@H]2O1. The molecule has 5 fully saturated rings. The van der Waals surface area contributed by atoms with Crippen LogP contribution in [0.5, 0.6) is 0 Å². The lowest BCUT2D eigenvalue weighted by Gasteiger charge is -2.67. The van der Waals surface area contributed by atoms with Crippen molar-refractivity contribution >= 4 is 8.32 Å². The smallest absolute Gasteiger partial charge is 0.192 e. The van der Waals surface area contributed by atoms with Gasteiger partial charge in [-0.2, -0.15) is 0 Å². The lowest BCUT2D eigenvalue weighted by molar-refractivity contribution is -0.219. The Labute approximate surface area is 211 Å². The Morgan fingerprint density at radius 3 is 2.09 bits per heavy atom. The summed E-state index contributed by atoms with van der Waals surface area (Å²) in [5, 5.41) is 0.244. The molecule has 0 bridgehead atoms. The zero-order valence-corrected chi connectivity index (χ0v) is 25.2. The average Bonchev–Trinajstić information content (AvgIpc) is 3.18. The molecule has 5 aliphatic rings. The fourth-order valence-corrected chi connectivity index (χ4v) is 11.0. The van der Waals surface area contributed by atoms with E-state index in [-0.39, 0.29) is 28.1 Å². The molecule has 3 nitrogen and oxygen atoms in total. The highest BCUT2D eigenvalue weighted by atomic mass is 28.4. The fourth-order valence-electron chi connectivity index (χ4n) is 9.54. The maximum atomic E-state index is 7.30. The molecule has 1 aliphatic heterocycles. The van der Waals surface area contributed by atoms with Gasteiger partial charge in [0.05, 0.1) is 18.3 Å². The second-order valence-electron chi connectivity index (χ2n) is 16.0. The molecular formula is C30H54O3Si. The number of ether oxygens (including phenoxy) is 2. The van der Waals surface area contributed by atoms with Gasteiger partial charge in [0.1, 0.15) is 0 Å². The first kappa shape index (κ1) is 25.7. The largest absolute Gasteiger partial charge is 0.413 e. The van der Waals surface area contributed by atoms with E-state index in [0.29, 0.717) is 29.3 Å². The van der Waals surface area contributed by atoms with Crippen LogP contribution in [0.25, 0.3) is 0 Å². The second-order valence-corrected chi connectivity index (χ2v) is 20.8. The molecule has 4 saturated carbocycles. The van der Waals surface area contributed by atoms with Crippen LogP contribution < -0.4 is 0 Å². The first-order chi connectivity index (χ1) is 15.4. The van der Waals surface area contributed by atoms with Crippen LogP contribution >= 0.6 is 0 Å². The molecular weight excluding hydrogens is 436 g/mol. The molecule has 0 aromatic carbocycles. The van der Waals surface area contributed by atoms with Crippen molar-refractivity contribution in [3.63, 3.8) is 0 Å². The van der Waals surface area contributed by atoms with Crippen molar-refractivity contribution in [2.75, 3.05) is 0 Å². The normalized spacial score (nSPS) is 49.7. The van der Waals surface area contributed by atoms with E-state index in [9.17, 15) is 0 Å². The summed E-state index contributed by atoms with van der Waals surface area (Å²) in [7, 11) is -1.85. The van der Waals surface area contributed by atoms with Gasteiger partial charge in [-0.15, -0.1) is 0 Å². The Bertz CT molecular complexity index is 812. The van der Waals surface area contributed by atoms with E-state index in [0.717, 1.165) is 5.92 Å². The van der Waals surface area contributed by atoms with Crippen LogP contribution in [-0.2, 0) is 13.9 Å². The third kappa shape index (κ3) is 3.43. The van der Waals surface area contributed by atoms with Gasteiger partial charge in [-0.25, -0.2) is 0 Å². The molecule has 5 rings (SSSR count). The highest BCUT2D eigenvalue weighted by Crippen LogP contribution is 2.73. The lowest BCUT2D eigenvalue weighted by atomic mass is 9.39. The van der Waals surface area contributed by atoms with Gasteiger partial charge in [-0.05, 0) is 98.6 Å². The van der Waals surface area contributed by atoms with E-state index >= 15 is 0 Å². The Morgan fingerprint density at radius 2 is 1.44 bits per heavy atom. The van der Waals surface area contributed by atoms with Gasteiger partial charge in [-0.3, -0.25) is 0 Å². The Hall–Kier alpha value is 0.0969. The summed E-state index contributed by atoms with van der Waals surface area (Å²) in [6, 6.07) is 0. The van der Waals surface area contributed by atoms with Crippen LogP contribution in [0.3, 0.4) is 0 Å². The van der Waals surface area contributed by atoms with E-state index < -0.39 is 14.1 Å². The molecule has 4 aliphatic carbocycles. The van der Waals surface area contributed by atoms with Gasteiger partial charge in [0.2, 0.25) is 0 Å². The first-order valence-corrected chi connectivity index (χ1v) is 17.4. The van der Waals surface area contributed by atoms with Crippen molar-refractivity contribution < 1.29 is 13.9 Å². The van der Waals surface area contributed by atoms with Crippen LogP contribution in [0.1, 0.15) is 107 Å². The van der Waals surface area contributed by atoms with E-state index in [1.54, 1.807) is 0 Å². The first-order valence-electron chi connectivity index (χ1n) is 14.5. The maximum Gasteiger partial charge on any atom is 0.192 e. The number of hydrogen-bond donors (Lipinski definition) is 0. The van der Waals surface area contributed by atoms with Gasteiger partial charge in [0.15, 0.2) is 14.1 Å². The van der Waals surface area contributed by atoms with Crippen LogP contribution in [-0.4, -0.2) is 32.4 Å². The standard InChI is InChI=1S/C30H54O3Si/c1-26(2,3)34(10,11)33-22-16-15-19-23-21(18-27(4,5)30(19,22)9)29(8)17-13-12-14-20(29)24-25(23)32-28(6,7)31-24/h19-25H,12-18H2,1-11H3/t19?,20?,21?,22-,23?,24+,25+,29-,30-/m0/s1. The van der Waals surface area contributed by atoms with Gasteiger partial charge in [0.25, 0.3) is 0 Å². The highest BCUT2D eigenvalue weighted by Gasteiger charge is 2.72. The van der Waals surface area contributed by atoms with Crippen LogP contribution in [0.2, 0.25) is 18.1 Å². The minimum absolute atomic E-state index is 0.183. The molecule has 0 aromatic heterocycles. The molecule has 0 radical (unpaired) electrons. The van der Waals surface area contributed by atoms with E-state index in [2.05, 4.69) is 75.4 Å². The molecule has 1 heterocycles.